The van der Waals surface area contributed by atoms with Crippen molar-refractivity contribution in [2.45, 2.75) is 6.54 Å². The Hall–Kier alpha value is -1.42. The van der Waals surface area contributed by atoms with E-state index in [-0.39, 0.29) is 0 Å². The van der Waals surface area contributed by atoms with Crippen LogP contribution in [-0.4, -0.2) is 15.0 Å². The van der Waals surface area contributed by atoms with Gasteiger partial charge in [0, 0.05) is 13.6 Å². The molecule has 0 spiro atoms. The molecule has 0 aliphatic rings. The van der Waals surface area contributed by atoms with Crippen molar-refractivity contribution in [2.24, 2.45) is 12.8 Å². The lowest BCUT2D eigenvalue weighted by Crippen LogP contribution is -1.96. The molecule has 1 heterocycles. The molecule has 0 radical (unpaired) electrons. The van der Waals surface area contributed by atoms with E-state index in [4.69, 9.17) is 5.73 Å². The summed E-state index contributed by atoms with van der Waals surface area (Å²) in [4.78, 5) is 0. The van der Waals surface area contributed by atoms with Crippen LogP contribution in [0.1, 0.15) is 5.56 Å². The van der Waals surface area contributed by atoms with E-state index in [1.807, 2.05) is 25.2 Å². The van der Waals surface area contributed by atoms with Crippen LogP contribution in [-0.2, 0) is 13.6 Å². The second kappa shape index (κ2) is 2.57. The Morgan fingerprint density at radius 2 is 2.33 bits per heavy atom. The minimum atomic E-state index is 0.557. The van der Waals surface area contributed by atoms with Crippen molar-refractivity contribution in [3.05, 3.63) is 23.8 Å². The summed E-state index contributed by atoms with van der Waals surface area (Å²) in [5.41, 5.74) is 8.55. The molecule has 0 saturated carbocycles. The van der Waals surface area contributed by atoms with Gasteiger partial charge in [0.2, 0.25) is 0 Å². The molecule has 0 atom stereocenters. The van der Waals surface area contributed by atoms with Gasteiger partial charge < -0.3 is 5.73 Å². The number of nitrogens with zero attached hydrogens (tertiary/aromatic N) is 3. The van der Waals surface area contributed by atoms with Gasteiger partial charge in [0.25, 0.3) is 0 Å². The van der Waals surface area contributed by atoms with Crippen molar-refractivity contribution < 1.29 is 0 Å². The van der Waals surface area contributed by atoms with E-state index in [1.54, 1.807) is 4.68 Å². The fourth-order valence-corrected chi connectivity index (χ4v) is 1.20. The van der Waals surface area contributed by atoms with Gasteiger partial charge >= 0.3 is 0 Å². The molecule has 12 heavy (non-hydrogen) atoms. The molecule has 2 N–H and O–H groups in total. The normalized spacial score (nSPS) is 10.8. The van der Waals surface area contributed by atoms with Gasteiger partial charge in [0.05, 0.1) is 5.52 Å². The lowest BCUT2D eigenvalue weighted by Gasteiger charge is -1.96. The van der Waals surface area contributed by atoms with Gasteiger partial charge in [-0.2, -0.15) is 0 Å². The Morgan fingerprint density at radius 1 is 1.50 bits per heavy atom. The molecule has 2 rings (SSSR count). The van der Waals surface area contributed by atoms with E-state index >= 15 is 0 Å². The third-order valence-electron chi connectivity index (χ3n) is 1.91. The first-order valence-corrected chi connectivity index (χ1v) is 3.79. The van der Waals surface area contributed by atoms with Crippen LogP contribution >= 0.6 is 0 Å². The number of benzene rings is 1. The Balaban J connectivity index is 2.71. The van der Waals surface area contributed by atoms with Gasteiger partial charge in [-0.15, -0.1) is 5.10 Å². The highest BCUT2D eigenvalue weighted by Gasteiger charge is 2.00. The zero-order valence-electron chi connectivity index (χ0n) is 6.86. The first-order chi connectivity index (χ1) is 5.81. The molecule has 4 nitrogen and oxygen atoms in total. The van der Waals surface area contributed by atoms with Crippen molar-refractivity contribution in [3.8, 4) is 0 Å². The number of aromatic nitrogens is 3. The van der Waals surface area contributed by atoms with E-state index in [1.165, 1.54) is 0 Å². The van der Waals surface area contributed by atoms with Gasteiger partial charge in [-0.1, -0.05) is 11.3 Å². The lowest BCUT2D eigenvalue weighted by molar-refractivity contribution is 0.736. The van der Waals surface area contributed by atoms with Crippen molar-refractivity contribution in [2.75, 3.05) is 0 Å². The molecule has 62 valence electrons. The number of hydrogen-bond acceptors (Lipinski definition) is 3. The Labute approximate surface area is 70.0 Å². The van der Waals surface area contributed by atoms with Crippen LogP contribution < -0.4 is 5.73 Å². The summed E-state index contributed by atoms with van der Waals surface area (Å²) >= 11 is 0. The molecular formula is C8H10N4. The Kier molecular flexibility index (Phi) is 1.55. The first kappa shape index (κ1) is 7.24. The predicted molar refractivity (Wildman–Crippen MR) is 46.4 cm³/mol. The monoisotopic (exact) mass is 162 g/mol. The van der Waals surface area contributed by atoms with Crippen LogP contribution in [0.5, 0.6) is 0 Å². The molecule has 2 aromatic rings. The third kappa shape index (κ3) is 0.967. The average molecular weight is 162 g/mol. The summed E-state index contributed by atoms with van der Waals surface area (Å²) in [7, 11) is 1.87. The first-order valence-electron chi connectivity index (χ1n) is 3.79. The highest BCUT2D eigenvalue weighted by atomic mass is 15.4. The van der Waals surface area contributed by atoms with Crippen molar-refractivity contribution in [3.63, 3.8) is 0 Å². The highest BCUT2D eigenvalue weighted by Crippen LogP contribution is 2.11. The minimum Gasteiger partial charge on any atom is -0.326 e. The number of hydrogen-bond donors (Lipinski definition) is 1. The zero-order valence-corrected chi connectivity index (χ0v) is 6.86. The molecule has 0 unspecified atom stereocenters. The zero-order chi connectivity index (χ0) is 8.55. The van der Waals surface area contributed by atoms with Crippen molar-refractivity contribution in [1.82, 2.24) is 15.0 Å². The summed E-state index contributed by atoms with van der Waals surface area (Å²) in [5, 5.41) is 7.86. The summed E-state index contributed by atoms with van der Waals surface area (Å²) in [6.07, 6.45) is 0. The van der Waals surface area contributed by atoms with Crippen molar-refractivity contribution in [1.29, 1.82) is 0 Å². The maximum atomic E-state index is 5.51. The number of aryl methyl sites for hydroxylation is 1. The van der Waals surface area contributed by atoms with E-state index in [0.717, 1.165) is 16.6 Å². The second-order valence-electron chi connectivity index (χ2n) is 2.74. The molecule has 1 aromatic heterocycles. The number of fused-ring (bicyclic) bond motifs is 1. The molecule has 0 fully saturated rings. The third-order valence-corrected chi connectivity index (χ3v) is 1.91. The molecule has 0 aliphatic heterocycles. The van der Waals surface area contributed by atoms with Gasteiger partial charge in [0.1, 0.15) is 5.52 Å². The van der Waals surface area contributed by atoms with Crippen molar-refractivity contribution >= 4 is 11.0 Å². The predicted octanol–water partition coefficient (Wildman–Crippen LogP) is 0.427. The molecule has 0 saturated heterocycles. The maximum Gasteiger partial charge on any atom is 0.113 e. The molecule has 0 aliphatic carbocycles. The summed E-state index contributed by atoms with van der Waals surface area (Å²) < 4.78 is 1.74. The number of nitrogens with two attached hydrogens (primary N) is 1. The van der Waals surface area contributed by atoms with E-state index < -0.39 is 0 Å². The quantitative estimate of drug-likeness (QED) is 0.661. The Bertz CT molecular complexity index is 404. The lowest BCUT2D eigenvalue weighted by atomic mass is 10.2. The highest BCUT2D eigenvalue weighted by molar-refractivity contribution is 5.74. The van der Waals surface area contributed by atoms with Gasteiger partial charge in [0.15, 0.2) is 0 Å². The summed E-state index contributed by atoms with van der Waals surface area (Å²) in [6.45, 7) is 0.557. The maximum absolute atomic E-state index is 5.51. The topological polar surface area (TPSA) is 56.7 Å². The number of rotatable bonds is 1. The summed E-state index contributed by atoms with van der Waals surface area (Å²) in [6, 6.07) is 5.91. The van der Waals surface area contributed by atoms with E-state index in [2.05, 4.69) is 10.3 Å². The van der Waals surface area contributed by atoms with Crippen LogP contribution in [0.2, 0.25) is 0 Å². The van der Waals surface area contributed by atoms with E-state index in [0.29, 0.717) is 6.54 Å². The van der Waals surface area contributed by atoms with Gasteiger partial charge in [-0.05, 0) is 17.7 Å². The molecule has 0 amide bonds. The van der Waals surface area contributed by atoms with Gasteiger partial charge in [-0.3, -0.25) is 0 Å². The van der Waals surface area contributed by atoms with Crippen LogP contribution in [0.3, 0.4) is 0 Å². The van der Waals surface area contributed by atoms with E-state index in [9.17, 15) is 0 Å². The largest absolute Gasteiger partial charge is 0.326 e. The molecule has 1 aromatic carbocycles. The van der Waals surface area contributed by atoms with Crippen LogP contribution in [0, 0.1) is 0 Å². The Morgan fingerprint density at radius 3 is 3.08 bits per heavy atom. The van der Waals surface area contributed by atoms with Crippen LogP contribution in [0.4, 0.5) is 0 Å². The van der Waals surface area contributed by atoms with Crippen LogP contribution in [0.15, 0.2) is 18.2 Å². The molecule has 0 bridgehead atoms. The molecule has 4 heteroatoms. The van der Waals surface area contributed by atoms with Crippen LogP contribution in [0.25, 0.3) is 11.0 Å². The average Bonchev–Trinajstić information content (AvgIpc) is 2.47. The minimum absolute atomic E-state index is 0.557. The molecular weight excluding hydrogens is 152 g/mol. The van der Waals surface area contributed by atoms with Gasteiger partial charge in [-0.25, -0.2) is 4.68 Å². The fraction of sp³-hybridized carbons (Fsp3) is 0.250. The second-order valence-corrected chi connectivity index (χ2v) is 2.74. The standard InChI is InChI=1S/C8H10N4/c1-12-8-4-6(5-9)2-3-7(8)10-11-12/h2-4H,5,9H2,1H3. The SMILES string of the molecule is Cn1nnc2ccc(CN)cc21. The fourth-order valence-electron chi connectivity index (χ4n) is 1.20. The summed E-state index contributed by atoms with van der Waals surface area (Å²) in [5.74, 6) is 0. The smallest absolute Gasteiger partial charge is 0.113 e.